The topological polar surface area (TPSA) is 23.5 Å². The van der Waals surface area contributed by atoms with E-state index in [0.29, 0.717) is 25.1 Å². The molecule has 1 saturated heterocycles. The van der Waals surface area contributed by atoms with Crippen molar-refractivity contribution < 1.29 is 18.3 Å². The molecular formula is C14H18F3NO. The highest BCUT2D eigenvalue weighted by atomic mass is 19.2. The summed E-state index contributed by atoms with van der Waals surface area (Å²) in [5, 5.41) is 10.0. The third-order valence-electron chi connectivity index (χ3n) is 3.40. The van der Waals surface area contributed by atoms with Crippen LogP contribution in [-0.2, 0) is 0 Å². The molecule has 1 aromatic carbocycles. The van der Waals surface area contributed by atoms with Crippen LogP contribution in [0.2, 0.25) is 0 Å². The molecule has 1 aliphatic heterocycles. The summed E-state index contributed by atoms with van der Waals surface area (Å²) in [5.41, 5.74) is -0.285. The second-order valence-corrected chi connectivity index (χ2v) is 5.61. The Bertz CT molecular complexity index is 458. The molecule has 19 heavy (non-hydrogen) atoms. The molecule has 106 valence electrons. The predicted molar refractivity (Wildman–Crippen MR) is 66.0 cm³/mol. The first-order valence-electron chi connectivity index (χ1n) is 6.43. The lowest BCUT2D eigenvalue weighted by Crippen LogP contribution is -2.50. The maximum Gasteiger partial charge on any atom is 0.164 e. The van der Waals surface area contributed by atoms with Gasteiger partial charge in [-0.15, -0.1) is 0 Å². The summed E-state index contributed by atoms with van der Waals surface area (Å²) in [6.45, 7) is 6.33. The fourth-order valence-electron chi connectivity index (χ4n) is 2.52. The quantitative estimate of drug-likeness (QED) is 0.853. The van der Waals surface area contributed by atoms with E-state index in [-0.39, 0.29) is 11.5 Å². The summed E-state index contributed by atoms with van der Waals surface area (Å²) in [5.74, 6) is -2.94. The molecule has 1 fully saturated rings. The van der Waals surface area contributed by atoms with Crippen LogP contribution in [0.25, 0.3) is 0 Å². The molecule has 1 N–H and O–H groups in total. The highest BCUT2D eigenvalue weighted by Gasteiger charge is 2.35. The molecule has 1 aromatic rings. The van der Waals surface area contributed by atoms with Gasteiger partial charge in [-0.1, -0.05) is 13.8 Å². The second-order valence-electron chi connectivity index (χ2n) is 5.61. The molecule has 0 aromatic heterocycles. The van der Waals surface area contributed by atoms with Crippen LogP contribution in [0.1, 0.15) is 25.5 Å². The first kappa shape index (κ1) is 14.3. The number of aliphatic hydroxyl groups excluding tert-OH is 1. The number of hydrogen-bond acceptors (Lipinski definition) is 2. The van der Waals surface area contributed by atoms with Crippen molar-refractivity contribution in [2.24, 2.45) is 11.8 Å². The minimum absolute atomic E-state index is 0.172. The highest BCUT2D eigenvalue weighted by Crippen LogP contribution is 2.32. The molecule has 0 amide bonds. The van der Waals surface area contributed by atoms with Gasteiger partial charge in [-0.3, -0.25) is 0 Å². The molecule has 1 unspecified atom stereocenters. The van der Waals surface area contributed by atoms with E-state index in [1.807, 2.05) is 0 Å². The maximum atomic E-state index is 13.5. The van der Waals surface area contributed by atoms with Gasteiger partial charge < -0.3 is 10.0 Å². The van der Waals surface area contributed by atoms with E-state index in [0.717, 1.165) is 12.6 Å². The minimum atomic E-state index is -1.26. The monoisotopic (exact) mass is 273 g/mol. The summed E-state index contributed by atoms with van der Waals surface area (Å²) >= 11 is 0. The van der Waals surface area contributed by atoms with E-state index in [1.54, 1.807) is 0 Å². The predicted octanol–water partition coefficient (Wildman–Crippen LogP) is 2.73. The van der Waals surface area contributed by atoms with Gasteiger partial charge in [-0.2, -0.15) is 0 Å². The Morgan fingerprint density at radius 2 is 1.89 bits per heavy atom. The Morgan fingerprint density at radius 1 is 1.26 bits per heavy atom. The Morgan fingerprint density at radius 3 is 2.47 bits per heavy atom. The van der Waals surface area contributed by atoms with Gasteiger partial charge in [0.2, 0.25) is 0 Å². The molecule has 1 atom stereocenters. The zero-order chi connectivity index (χ0) is 14.2. The Labute approximate surface area is 110 Å². The SMILES string of the molecule is CC(C)CN1CC(C(O)c2cc(F)cc(F)c2F)C1. The zero-order valence-corrected chi connectivity index (χ0v) is 11.0. The Hall–Kier alpha value is -1.07. The van der Waals surface area contributed by atoms with E-state index in [1.165, 1.54) is 0 Å². The summed E-state index contributed by atoms with van der Waals surface area (Å²) in [6.07, 6.45) is -1.16. The van der Waals surface area contributed by atoms with Crippen LogP contribution < -0.4 is 0 Å². The number of benzene rings is 1. The van der Waals surface area contributed by atoms with Crippen molar-refractivity contribution in [1.82, 2.24) is 4.90 Å². The number of likely N-dealkylation sites (tertiary alicyclic amines) is 1. The molecule has 2 rings (SSSR count). The number of aliphatic hydroxyl groups is 1. The van der Waals surface area contributed by atoms with Crippen molar-refractivity contribution in [2.45, 2.75) is 20.0 Å². The van der Waals surface area contributed by atoms with Crippen LogP contribution in [0, 0.1) is 29.3 Å². The van der Waals surface area contributed by atoms with Crippen LogP contribution in [0.15, 0.2) is 12.1 Å². The van der Waals surface area contributed by atoms with Crippen molar-refractivity contribution in [3.8, 4) is 0 Å². The molecule has 0 saturated carbocycles. The van der Waals surface area contributed by atoms with E-state index < -0.39 is 23.6 Å². The van der Waals surface area contributed by atoms with E-state index in [9.17, 15) is 18.3 Å². The van der Waals surface area contributed by atoms with Gasteiger partial charge in [0.15, 0.2) is 11.6 Å². The Balaban J connectivity index is 2.04. The lowest BCUT2D eigenvalue weighted by atomic mass is 9.88. The van der Waals surface area contributed by atoms with Crippen molar-refractivity contribution in [3.63, 3.8) is 0 Å². The zero-order valence-electron chi connectivity index (χ0n) is 11.0. The first-order chi connectivity index (χ1) is 8.88. The first-order valence-corrected chi connectivity index (χ1v) is 6.43. The molecule has 0 spiro atoms. The van der Waals surface area contributed by atoms with Crippen molar-refractivity contribution in [2.75, 3.05) is 19.6 Å². The normalized spacial score (nSPS) is 18.7. The van der Waals surface area contributed by atoms with Crippen molar-refractivity contribution in [3.05, 3.63) is 35.1 Å². The van der Waals surface area contributed by atoms with Gasteiger partial charge in [0.05, 0.1) is 6.10 Å². The van der Waals surface area contributed by atoms with E-state index in [4.69, 9.17) is 0 Å². The third-order valence-corrected chi connectivity index (χ3v) is 3.40. The van der Waals surface area contributed by atoms with Crippen LogP contribution >= 0.6 is 0 Å². The van der Waals surface area contributed by atoms with Crippen LogP contribution in [-0.4, -0.2) is 29.6 Å². The van der Waals surface area contributed by atoms with Crippen LogP contribution in [0.3, 0.4) is 0 Å². The Kier molecular flexibility index (Phi) is 4.16. The second kappa shape index (κ2) is 5.51. The smallest absolute Gasteiger partial charge is 0.164 e. The van der Waals surface area contributed by atoms with Gasteiger partial charge in [-0.05, 0) is 12.0 Å². The van der Waals surface area contributed by atoms with Gasteiger partial charge >= 0.3 is 0 Å². The molecule has 2 nitrogen and oxygen atoms in total. The number of hydrogen-bond donors (Lipinski definition) is 1. The molecule has 0 radical (unpaired) electrons. The molecule has 1 heterocycles. The summed E-state index contributed by atoms with van der Waals surface area (Å²) in [7, 11) is 0. The van der Waals surface area contributed by atoms with Gasteiger partial charge in [0.1, 0.15) is 5.82 Å². The van der Waals surface area contributed by atoms with Crippen molar-refractivity contribution >= 4 is 0 Å². The van der Waals surface area contributed by atoms with Crippen LogP contribution in [0.5, 0.6) is 0 Å². The van der Waals surface area contributed by atoms with Crippen molar-refractivity contribution in [1.29, 1.82) is 0 Å². The van der Waals surface area contributed by atoms with E-state index in [2.05, 4.69) is 18.7 Å². The molecule has 5 heteroatoms. The average Bonchev–Trinajstić information content (AvgIpc) is 2.26. The van der Waals surface area contributed by atoms with Crippen LogP contribution in [0.4, 0.5) is 13.2 Å². The lowest BCUT2D eigenvalue weighted by molar-refractivity contribution is -0.0122. The van der Waals surface area contributed by atoms with Gasteiger partial charge in [0.25, 0.3) is 0 Å². The standard InChI is InChI=1S/C14H18F3NO/c1-8(2)5-18-6-9(7-18)14(19)11-3-10(15)4-12(16)13(11)17/h3-4,8-9,14,19H,5-7H2,1-2H3. The lowest BCUT2D eigenvalue weighted by Gasteiger charge is -2.42. The van der Waals surface area contributed by atoms with E-state index >= 15 is 0 Å². The van der Waals surface area contributed by atoms with Gasteiger partial charge in [0, 0.05) is 37.2 Å². The molecule has 0 aliphatic carbocycles. The molecule has 1 aliphatic rings. The molecular weight excluding hydrogens is 255 g/mol. The fourth-order valence-corrected chi connectivity index (χ4v) is 2.52. The number of halogens is 3. The third kappa shape index (κ3) is 3.09. The highest BCUT2D eigenvalue weighted by molar-refractivity contribution is 5.23. The largest absolute Gasteiger partial charge is 0.388 e. The summed E-state index contributed by atoms with van der Waals surface area (Å²) < 4.78 is 39.7. The average molecular weight is 273 g/mol. The molecule has 0 bridgehead atoms. The number of nitrogens with zero attached hydrogens (tertiary/aromatic N) is 1. The minimum Gasteiger partial charge on any atom is -0.388 e. The number of rotatable bonds is 4. The van der Waals surface area contributed by atoms with Gasteiger partial charge in [-0.25, -0.2) is 13.2 Å². The summed E-state index contributed by atoms with van der Waals surface area (Å²) in [4.78, 5) is 2.13. The fraction of sp³-hybridized carbons (Fsp3) is 0.571. The summed E-state index contributed by atoms with van der Waals surface area (Å²) in [6, 6.07) is 1.35. The maximum absolute atomic E-state index is 13.5.